The number of nitrogens with zero attached hydrogens (tertiary/aromatic N) is 2. The zero-order chi connectivity index (χ0) is 16.1. The molecule has 0 spiro atoms. The third kappa shape index (κ3) is 3.62. The van der Waals surface area contributed by atoms with Crippen LogP contribution in [0.1, 0.15) is 10.5 Å². The lowest BCUT2D eigenvalue weighted by atomic mass is 10.2. The second kappa shape index (κ2) is 6.56. The average molecular weight is 312 g/mol. The molecule has 0 atom stereocenters. The number of rotatable bonds is 5. The highest BCUT2D eigenvalue weighted by Crippen LogP contribution is 2.18. The molecule has 8 nitrogen and oxygen atoms in total. The normalized spacial score (nSPS) is 10.3. The maximum Gasteiger partial charge on any atom is 0.356 e. The maximum atomic E-state index is 11.9. The number of H-pyrrole nitrogens is 1. The topological polar surface area (TPSA) is 110 Å². The lowest BCUT2D eigenvalue weighted by Crippen LogP contribution is -2.21. The van der Waals surface area contributed by atoms with Gasteiger partial charge < -0.3 is 14.5 Å². The number of carbonyl (C=O) groups excluding carboxylic acids is 2. The summed E-state index contributed by atoms with van der Waals surface area (Å²) in [7, 11) is 0. The van der Waals surface area contributed by atoms with E-state index in [0.29, 0.717) is 11.4 Å². The van der Waals surface area contributed by atoms with E-state index in [1.165, 1.54) is 24.8 Å². The van der Waals surface area contributed by atoms with Crippen molar-refractivity contribution in [2.24, 2.45) is 0 Å². The Hall–Kier alpha value is -3.42. The SMILES string of the molecule is O=C(COC(=O)c1cc(-c2ccoc2)n[nH]1)Nc1cccnc1. The zero-order valence-corrected chi connectivity index (χ0v) is 11.9. The summed E-state index contributed by atoms with van der Waals surface area (Å²) in [4.78, 5) is 27.4. The number of hydrogen-bond donors (Lipinski definition) is 2. The second-order valence-electron chi connectivity index (χ2n) is 4.54. The third-order valence-corrected chi connectivity index (χ3v) is 2.89. The summed E-state index contributed by atoms with van der Waals surface area (Å²) in [5.74, 6) is -1.13. The van der Waals surface area contributed by atoms with Crippen LogP contribution in [0.15, 0.2) is 53.6 Å². The van der Waals surface area contributed by atoms with Crippen molar-refractivity contribution in [2.75, 3.05) is 11.9 Å². The van der Waals surface area contributed by atoms with Crippen LogP contribution >= 0.6 is 0 Å². The Morgan fingerprint density at radius 3 is 3.00 bits per heavy atom. The summed E-state index contributed by atoms with van der Waals surface area (Å²) in [5, 5.41) is 9.10. The van der Waals surface area contributed by atoms with Gasteiger partial charge in [0, 0.05) is 11.8 Å². The number of amides is 1. The third-order valence-electron chi connectivity index (χ3n) is 2.89. The number of nitrogens with one attached hydrogen (secondary N) is 2. The summed E-state index contributed by atoms with van der Waals surface area (Å²) in [6.45, 7) is -0.409. The van der Waals surface area contributed by atoms with Crippen molar-refractivity contribution in [3.05, 3.63) is 54.9 Å². The van der Waals surface area contributed by atoms with Crippen LogP contribution in [0.5, 0.6) is 0 Å². The van der Waals surface area contributed by atoms with Gasteiger partial charge in [0.05, 0.1) is 30.1 Å². The van der Waals surface area contributed by atoms with Crippen molar-refractivity contribution in [1.29, 1.82) is 0 Å². The molecule has 0 fully saturated rings. The van der Waals surface area contributed by atoms with Gasteiger partial charge in [0.1, 0.15) is 5.69 Å². The lowest BCUT2D eigenvalue weighted by Gasteiger charge is -2.05. The Bertz CT molecular complexity index is 796. The molecule has 3 rings (SSSR count). The fourth-order valence-electron chi connectivity index (χ4n) is 1.83. The lowest BCUT2D eigenvalue weighted by molar-refractivity contribution is -0.119. The predicted molar refractivity (Wildman–Crippen MR) is 79.4 cm³/mol. The van der Waals surface area contributed by atoms with E-state index >= 15 is 0 Å². The van der Waals surface area contributed by atoms with Gasteiger partial charge in [-0.15, -0.1) is 0 Å². The number of furan rings is 1. The quantitative estimate of drug-likeness (QED) is 0.696. The molecular formula is C15H12N4O4. The van der Waals surface area contributed by atoms with Crippen LogP contribution in [0.4, 0.5) is 5.69 Å². The fourth-order valence-corrected chi connectivity index (χ4v) is 1.83. The van der Waals surface area contributed by atoms with Crippen LogP contribution in [0, 0.1) is 0 Å². The van der Waals surface area contributed by atoms with Gasteiger partial charge in [-0.05, 0) is 24.3 Å². The molecule has 0 aromatic carbocycles. The minimum Gasteiger partial charge on any atom is -0.472 e. The molecular weight excluding hydrogens is 300 g/mol. The molecule has 0 saturated heterocycles. The van der Waals surface area contributed by atoms with Crippen molar-refractivity contribution in [2.45, 2.75) is 0 Å². The molecule has 0 aliphatic heterocycles. The number of pyridine rings is 1. The molecule has 2 N–H and O–H groups in total. The summed E-state index contributed by atoms with van der Waals surface area (Å²) in [6.07, 6.45) is 6.09. The van der Waals surface area contributed by atoms with Crippen LogP contribution in [0.25, 0.3) is 11.3 Å². The molecule has 3 aromatic heterocycles. The number of aromatic nitrogens is 3. The number of aromatic amines is 1. The second-order valence-corrected chi connectivity index (χ2v) is 4.54. The first-order valence-electron chi connectivity index (χ1n) is 6.67. The first-order valence-corrected chi connectivity index (χ1v) is 6.67. The van der Waals surface area contributed by atoms with Gasteiger partial charge in [0.25, 0.3) is 5.91 Å². The summed E-state index contributed by atoms with van der Waals surface area (Å²) >= 11 is 0. The van der Waals surface area contributed by atoms with Gasteiger partial charge in [0.15, 0.2) is 6.61 Å². The molecule has 0 aliphatic carbocycles. The number of carbonyl (C=O) groups is 2. The van der Waals surface area contributed by atoms with Crippen molar-refractivity contribution in [3.63, 3.8) is 0 Å². The van der Waals surface area contributed by atoms with Crippen LogP contribution in [-0.4, -0.2) is 33.7 Å². The van der Waals surface area contributed by atoms with E-state index in [1.54, 1.807) is 24.4 Å². The van der Waals surface area contributed by atoms with Crippen molar-refractivity contribution >= 4 is 17.6 Å². The number of ether oxygens (including phenoxy) is 1. The van der Waals surface area contributed by atoms with Crippen LogP contribution in [0.3, 0.4) is 0 Å². The standard InChI is InChI=1S/C15H12N4O4/c20-14(17-11-2-1-4-16-7-11)9-23-15(21)13-6-12(18-19-13)10-3-5-22-8-10/h1-8H,9H2,(H,17,20)(H,18,19). The molecule has 0 unspecified atom stereocenters. The van der Waals surface area contributed by atoms with E-state index in [4.69, 9.17) is 9.15 Å². The van der Waals surface area contributed by atoms with Gasteiger partial charge in [-0.3, -0.25) is 14.9 Å². The first kappa shape index (κ1) is 14.5. The number of esters is 1. The highest BCUT2D eigenvalue weighted by atomic mass is 16.5. The Kier molecular flexibility index (Phi) is 4.14. The largest absolute Gasteiger partial charge is 0.472 e. The molecule has 3 aromatic rings. The van der Waals surface area contributed by atoms with Gasteiger partial charge in [0.2, 0.25) is 0 Å². The van der Waals surface area contributed by atoms with Gasteiger partial charge in [-0.25, -0.2) is 4.79 Å². The molecule has 1 amide bonds. The molecule has 3 heterocycles. The number of hydrogen-bond acceptors (Lipinski definition) is 6. The minimum absolute atomic E-state index is 0.148. The smallest absolute Gasteiger partial charge is 0.356 e. The van der Waals surface area contributed by atoms with E-state index in [2.05, 4.69) is 20.5 Å². The van der Waals surface area contributed by atoms with E-state index in [0.717, 1.165) is 5.56 Å². The molecule has 0 radical (unpaired) electrons. The summed E-state index contributed by atoms with van der Waals surface area (Å²) < 4.78 is 9.87. The van der Waals surface area contributed by atoms with E-state index in [9.17, 15) is 9.59 Å². The summed E-state index contributed by atoms with van der Waals surface area (Å²) in [6, 6.07) is 6.60. The van der Waals surface area contributed by atoms with Crippen LogP contribution in [-0.2, 0) is 9.53 Å². The molecule has 0 bridgehead atoms. The Morgan fingerprint density at radius 2 is 2.26 bits per heavy atom. The van der Waals surface area contributed by atoms with E-state index < -0.39 is 18.5 Å². The Labute approximate surface area is 130 Å². The molecule has 0 saturated carbocycles. The Morgan fingerprint density at radius 1 is 1.35 bits per heavy atom. The highest BCUT2D eigenvalue weighted by Gasteiger charge is 2.14. The highest BCUT2D eigenvalue weighted by molar-refractivity contribution is 5.95. The number of anilines is 1. The van der Waals surface area contributed by atoms with Gasteiger partial charge in [-0.1, -0.05) is 0 Å². The van der Waals surface area contributed by atoms with Crippen molar-refractivity contribution in [3.8, 4) is 11.3 Å². The summed E-state index contributed by atoms with van der Waals surface area (Å²) in [5.41, 5.74) is 1.95. The van der Waals surface area contributed by atoms with Crippen molar-refractivity contribution < 1.29 is 18.7 Å². The van der Waals surface area contributed by atoms with E-state index in [1.807, 2.05) is 0 Å². The zero-order valence-electron chi connectivity index (χ0n) is 11.9. The molecule has 116 valence electrons. The average Bonchev–Trinajstić information content (AvgIpc) is 3.24. The van der Waals surface area contributed by atoms with Gasteiger partial charge in [-0.2, -0.15) is 5.10 Å². The molecule has 23 heavy (non-hydrogen) atoms. The molecule has 8 heteroatoms. The predicted octanol–water partition coefficient (Wildman–Crippen LogP) is 1.86. The monoisotopic (exact) mass is 312 g/mol. The van der Waals surface area contributed by atoms with Crippen LogP contribution < -0.4 is 5.32 Å². The Balaban J connectivity index is 1.54. The first-order chi connectivity index (χ1) is 11.2. The van der Waals surface area contributed by atoms with Gasteiger partial charge >= 0.3 is 5.97 Å². The maximum absolute atomic E-state index is 11.9. The van der Waals surface area contributed by atoms with Crippen molar-refractivity contribution in [1.82, 2.24) is 15.2 Å². The fraction of sp³-hybridized carbons (Fsp3) is 0.0667. The molecule has 0 aliphatic rings. The minimum atomic E-state index is -0.673. The van der Waals surface area contributed by atoms with E-state index in [-0.39, 0.29) is 5.69 Å². The van der Waals surface area contributed by atoms with Crippen LogP contribution in [0.2, 0.25) is 0 Å².